The summed E-state index contributed by atoms with van der Waals surface area (Å²) in [5.41, 5.74) is -2.16. The SMILES string of the molecule is CC1CC2CC(CCOC(=O)C(OC(=O)C3(C)C=C4CCCC(C4)C3)S(=O)(=O)O)CC(C1)C2. The second kappa shape index (κ2) is 9.68. The van der Waals surface area contributed by atoms with Crippen molar-refractivity contribution in [1.82, 2.24) is 0 Å². The molecule has 0 amide bonds. The van der Waals surface area contributed by atoms with Gasteiger partial charge in [-0.1, -0.05) is 18.6 Å². The van der Waals surface area contributed by atoms with Gasteiger partial charge in [0.25, 0.3) is 0 Å². The molecule has 0 aliphatic heterocycles. The van der Waals surface area contributed by atoms with Crippen LogP contribution in [0.3, 0.4) is 0 Å². The molecule has 8 heteroatoms. The minimum Gasteiger partial charge on any atom is -0.462 e. The number of esters is 2. The number of allylic oxidation sites excluding steroid dienone is 1. The van der Waals surface area contributed by atoms with Crippen molar-refractivity contribution in [3.63, 3.8) is 0 Å². The second-order valence-corrected chi connectivity index (χ2v) is 12.9. The maximum atomic E-state index is 12.9. The molecule has 1 N–H and O–H groups in total. The van der Waals surface area contributed by atoms with E-state index >= 15 is 0 Å². The van der Waals surface area contributed by atoms with E-state index in [-0.39, 0.29) is 6.61 Å². The maximum Gasteiger partial charge on any atom is 0.366 e. The minimum absolute atomic E-state index is 0.0610. The van der Waals surface area contributed by atoms with Crippen LogP contribution in [0.25, 0.3) is 0 Å². The van der Waals surface area contributed by atoms with Gasteiger partial charge in [0.05, 0.1) is 12.0 Å². The number of fused-ring (bicyclic) bond motifs is 4. The van der Waals surface area contributed by atoms with Crippen molar-refractivity contribution in [3.8, 4) is 0 Å². The molecule has 0 aromatic carbocycles. The summed E-state index contributed by atoms with van der Waals surface area (Å²) in [5.74, 6) is 1.01. The van der Waals surface area contributed by atoms with Crippen molar-refractivity contribution < 1.29 is 32.0 Å². The lowest BCUT2D eigenvalue weighted by atomic mass is 9.64. The summed E-state index contributed by atoms with van der Waals surface area (Å²) >= 11 is 0. The number of hydrogen-bond acceptors (Lipinski definition) is 6. The van der Waals surface area contributed by atoms with Crippen LogP contribution in [0.15, 0.2) is 11.6 Å². The van der Waals surface area contributed by atoms with Gasteiger partial charge in [-0.15, -0.1) is 0 Å². The van der Waals surface area contributed by atoms with Crippen LogP contribution < -0.4 is 0 Å². The van der Waals surface area contributed by atoms with Crippen LogP contribution >= 0.6 is 0 Å². The lowest BCUT2D eigenvalue weighted by Gasteiger charge is -2.41. The predicted octanol–water partition coefficient (Wildman–Crippen LogP) is 4.67. The van der Waals surface area contributed by atoms with Crippen LogP contribution in [0.4, 0.5) is 0 Å². The average Bonchev–Trinajstić information content (AvgIpc) is 2.69. The van der Waals surface area contributed by atoms with E-state index < -0.39 is 32.9 Å². The molecule has 5 unspecified atom stereocenters. The Balaban J connectivity index is 1.33. The summed E-state index contributed by atoms with van der Waals surface area (Å²) in [6.07, 6.45) is 13.1. The van der Waals surface area contributed by atoms with Crippen molar-refractivity contribution in [2.75, 3.05) is 6.61 Å². The maximum absolute atomic E-state index is 12.9. The van der Waals surface area contributed by atoms with Gasteiger partial charge < -0.3 is 9.47 Å². The van der Waals surface area contributed by atoms with Crippen LogP contribution in [-0.4, -0.2) is 37.0 Å². The van der Waals surface area contributed by atoms with Crippen LogP contribution in [0, 0.1) is 35.0 Å². The highest BCUT2D eigenvalue weighted by Gasteiger charge is 2.45. The molecule has 0 radical (unpaired) electrons. The van der Waals surface area contributed by atoms with Crippen molar-refractivity contribution >= 4 is 22.1 Å². The Labute approximate surface area is 197 Å². The Hall–Kier alpha value is -1.41. The molecule has 4 aliphatic rings. The van der Waals surface area contributed by atoms with E-state index in [1.54, 1.807) is 6.92 Å². The third-order valence-electron chi connectivity index (χ3n) is 8.28. The fraction of sp³-hybridized carbons (Fsp3) is 0.840. The van der Waals surface area contributed by atoms with Crippen molar-refractivity contribution in [2.45, 2.75) is 89.9 Å². The van der Waals surface area contributed by atoms with Gasteiger partial charge in [-0.05, 0) is 107 Å². The van der Waals surface area contributed by atoms with Gasteiger partial charge in [-0.3, -0.25) is 9.35 Å². The lowest BCUT2D eigenvalue weighted by Crippen LogP contribution is -2.42. The molecule has 4 rings (SSSR count). The Kier molecular flexibility index (Phi) is 7.25. The van der Waals surface area contributed by atoms with E-state index in [0.29, 0.717) is 24.7 Å². The Morgan fingerprint density at radius 3 is 2.48 bits per heavy atom. The highest BCUT2D eigenvalue weighted by Crippen LogP contribution is 2.46. The summed E-state index contributed by atoms with van der Waals surface area (Å²) in [7, 11) is -4.96. The summed E-state index contributed by atoms with van der Waals surface area (Å²) in [6.45, 7) is 4.08. The Morgan fingerprint density at radius 2 is 1.85 bits per heavy atom. The smallest absolute Gasteiger partial charge is 0.366 e. The minimum atomic E-state index is -4.96. The van der Waals surface area contributed by atoms with Crippen molar-refractivity contribution in [2.24, 2.45) is 35.0 Å². The number of carbonyl (C=O) groups is 2. The van der Waals surface area contributed by atoms with Crippen LogP contribution in [0.5, 0.6) is 0 Å². The van der Waals surface area contributed by atoms with Crippen molar-refractivity contribution in [3.05, 3.63) is 11.6 Å². The Morgan fingerprint density at radius 1 is 1.15 bits per heavy atom. The zero-order valence-electron chi connectivity index (χ0n) is 19.8. The van der Waals surface area contributed by atoms with Crippen LogP contribution in [-0.2, 0) is 29.2 Å². The normalized spacial score (nSPS) is 36.9. The van der Waals surface area contributed by atoms with Crippen LogP contribution in [0.1, 0.15) is 84.5 Å². The molecule has 3 saturated carbocycles. The van der Waals surface area contributed by atoms with E-state index in [1.807, 2.05) is 6.08 Å². The zero-order valence-corrected chi connectivity index (χ0v) is 20.6. The molecular weight excluding hydrogens is 444 g/mol. The first kappa shape index (κ1) is 24.7. The number of hydrogen-bond donors (Lipinski definition) is 1. The van der Waals surface area contributed by atoms with Crippen molar-refractivity contribution in [1.29, 1.82) is 0 Å². The molecule has 3 fully saturated rings. The van der Waals surface area contributed by atoms with E-state index in [9.17, 15) is 22.6 Å². The molecule has 0 aromatic rings. The zero-order chi connectivity index (χ0) is 23.8. The van der Waals surface area contributed by atoms with Crippen LogP contribution in [0.2, 0.25) is 0 Å². The molecule has 0 spiro atoms. The molecule has 33 heavy (non-hydrogen) atoms. The molecule has 0 aromatic heterocycles. The molecule has 4 bridgehead atoms. The lowest BCUT2D eigenvalue weighted by molar-refractivity contribution is -0.168. The van der Waals surface area contributed by atoms with E-state index in [4.69, 9.17) is 9.47 Å². The molecule has 0 heterocycles. The van der Waals surface area contributed by atoms with Gasteiger partial charge in [0.2, 0.25) is 0 Å². The topological polar surface area (TPSA) is 107 Å². The van der Waals surface area contributed by atoms with Gasteiger partial charge in [0, 0.05) is 0 Å². The van der Waals surface area contributed by atoms with Gasteiger partial charge in [0.1, 0.15) is 0 Å². The summed E-state index contributed by atoms with van der Waals surface area (Å²) in [5, 5.41) is 0. The average molecular weight is 483 g/mol. The molecular formula is C25H38O7S. The highest BCUT2D eigenvalue weighted by molar-refractivity contribution is 7.87. The summed E-state index contributed by atoms with van der Waals surface area (Å²) in [6, 6.07) is 0. The van der Waals surface area contributed by atoms with E-state index in [1.165, 1.54) is 24.8 Å². The molecule has 4 aliphatic carbocycles. The third kappa shape index (κ3) is 5.99. The first-order valence-corrected chi connectivity index (χ1v) is 14.1. The van der Waals surface area contributed by atoms with Gasteiger partial charge in [-0.25, -0.2) is 4.79 Å². The third-order valence-corrected chi connectivity index (χ3v) is 9.11. The first-order chi connectivity index (χ1) is 15.5. The van der Waals surface area contributed by atoms with Gasteiger partial charge >= 0.3 is 27.5 Å². The second-order valence-electron chi connectivity index (χ2n) is 11.5. The number of carbonyl (C=O) groups excluding carboxylic acids is 2. The first-order valence-electron chi connectivity index (χ1n) is 12.6. The molecule has 0 saturated heterocycles. The highest BCUT2D eigenvalue weighted by atomic mass is 32.2. The fourth-order valence-electron chi connectivity index (χ4n) is 7.16. The van der Waals surface area contributed by atoms with Gasteiger partial charge in [-0.2, -0.15) is 8.42 Å². The number of rotatable bonds is 7. The largest absolute Gasteiger partial charge is 0.462 e. The summed E-state index contributed by atoms with van der Waals surface area (Å²) < 4.78 is 43.7. The summed E-state index contributed by atoms with van der Waals surface area (Å²) in [4.78, 5) is 25.5. The Bertz CT molecular complexity index is 876. The monoisotopic (exact) mass is 482 g/mol. The molecule has 5 atom stereocenters. The standard InChI is InChI=1S/C25H38O7S/c1-16-8-20-10-17(11-21(9-16)13-20)6-7-31-22(26)23(33(28,29)30)32-24(27)25(2)14-18-4-3-5-19(12-18)15-25/h14,16-17,19-21,23H,3-13,15H2,1-2H3,(H,28,29,30). The quantitative estimate of drug-likeness (QED) is 0.319. The molecule has 7 nitrogen and oxygen atoms in total. The van der Waals surface area contributed by atoms with E-state index in [2.05, 4.69) is 6.92 Å². The fourth-order valence-corrected chi connectivity index (χ4v) is 7.68. The molecule has 186 valence electrons. The van der Waals surface area contributed by atoms with E-state index in [0.717, 1.165) is 56.3 Å². The van der Waals surface area contributed by atoms with Gasteiger partial charge in [0.15, 0.2) is 0 Å². The number of ether oxygens (including phenoxy) is 2. The predicted molar refractivity (Wildman–Crippen MR) is 122 cm³/mol.